The average Bonchev–Trinajstić information content (AvgIpc) is 2.45. The lowest BCUT2D eigenvalue weighted by Crippen LogP contribution is -2.04. The van der Waals surface area contributed by atoms with Crippen LogP contribution in [0.2, 0.25) is 0 Å². The van der Waals surface area contributed by atoms with E-state index in [1.807, 2.05) is 36.4 Å². The van der Waals surface area contributed by atoms with E-state index in [-0.39, 0.29) is 0 Å². The van der Waals surface area contributed by atoms with Gasteiger partial charge in [-0.3, -0.25) is 4.89 Å². The van der Waals surface area contributed by atoms with Gasteiger partial charge in [0.05, 0.1) is 0 Å². The second-order valence-electron chi connectivity index (χ2n) is 3.54. The van der Waals surface area contributed by atoms with Crippen molar-refractivity contribution in [1.82, 2.24) is 0 Å². The van der Waals surface area contributed by atoms with Gasteiger partial charge in [-0.1, -0.05) is 48.5 Å². The summed E-state index contributed by atoms with van der Waals surface area (Å²) in [6, 6.07) is 18.3. The third-order valence-corrected chi connectivity index (χ3v) is 2.17. The van der Waals surface area contributed by atoms with Gasteiger partial charge in [-0.15, -0.1) is 0 Å². The first-order valence-electron chi connectivity index (χ1n) is 5.51. The molecule has 0 fully saturated rings. The molecule has 0 aliphatic carbocycles. The highest BCUT2D eigenvalue weighted by Gasteiger charge is 1.99. The summed E-state index contributed by atoms with van der Waals surface area (Å²) in [6.45, 7) is 0. The number of benzene rings is 2. The summed E-state index contributed by atoms with van der Waals surface area (Å²) in [5.74, 6) is -0.0679. The third-order valence-electron chi connectivity index (χ3n) is 2.17. The highest BCUT2D eigenvalue weighted by atomic mass is 17.2. The molecule has 0 heterocycles. The lowest BCUT2D eigenvalue weighted by atomic mass is 10.2. The van der Waals surface area contributed by atoms with Crippen LogP contribution in [0.5, 0.6) is 5.75 Å². The summed E-state index contributed by atoms with van der Waals surface area (Å²) in [4.78, 5) is 20.8. The first-order chi connectivity index (χ1) is 8.84. The van der Waals surface area contributed by atoms with Gasteiger partial charge in [0.1, 0.15) is 0 Å². The van der Waals surface area contributed by atoms with Gasteiger partial charge in [0.2, 0.25) is 0 Å². The maximum atomic E-state index is 11.4. The van der Waals surface area contributed by atoms with Gasteiger partial charge in [0, 0.05) is 6.08 Å². The Balaban J connectivity index is 1.84. The van der Waals surface area contributed by atoms with Crippen molar-refractivity contribution in [2.24, 2.45) is 0 Å². The molecule has 0 bridgehead atoms. The Morgan fingerprint density at radius 1 is 0.889 bits per heavy atom. The monoisotopic (exact) mass is 240 g/mol. The Hall–Kier alpha value is -2.55. The van der Waals surface area contributed by atoms with E-state index in [0.717, 1.165) is 5.56 Å². The Kier molecular flexibility index (Phi) is 4.14. The Labute approximate surface area is 105 Å². The summed E-state index contributed by atoms with van der Waals surface area (Å²) in [7, 11) is 0. The van der Waals surface area contributed by atoms with Gasteiger partial charge in [0.15, 0.2) is 5.75 Å². The summed E-state index contributed by atoms with van der Waals surface area (Å²) in [5.41, 5.74) is 0.925. The van der Waals surface area contributed by atoms with Crippen molar-refractivity contribution >= 4 is 12.0 Å². The molecule has 0 N–H and O–H groups in total. The van der Waals surface area contributed by atoms with E-state index in [2.05, 4.69) is 4.89 Å². The van der Waals surface area contributed by atoms with E-state index >= 15 is 0 Å². The lowest BCUT2D eigenvalue weighted by molar-refractivity contribution is -0.207. The summed E-state index contributed by atoms with van der Waals surface area (Å²) in [6.07, 6.45) is 2.98. The van der Waals surface area contributed by atoms with Gasteiger partial charge in [-0.05, 0) is 23.8 Å². The molecule has 0 aromatic heterocycles. The van der Waals surface area contributed by atoms with Crippen molar-refractivity contribution in [2.45, 2.75) is 0 Å². The predicted molar refractivity (Wildman–Crippen MR) is 68.6 cm³/mol. The van der Waals surface area contributed by atoms with Crippen LogP contribution in [0.3, 0.4) is 0 Å². The smallest absolute Gasteiger partial charge is 0.287 e. The predicted octanol–water partition coefficient (Wildman–Crippen LogP) is 3.24. The van der Waals surface area contributed by atoms with Gasteiger partial charge >= 0.3 is 5.97 Å². The van der Waals surface area contributed by atoms with E-state index in [0.29, 0.717) is 5.75 Å². The highest BCUT2D eigenvalue weighted by Crippen LogP contribution is 2.09. The third kappa shape index (κ3) is 3.79. The maximum Gasteiger partial charge on any atom is 0.379 e. The zero-order valence-corrected chi connectivity index (χ0v) is 9.65. The zero-order chi connectivity index (χ0) is 12.6. The number of rotatable bonds is 4. The van der Waals surface area contributed by atoms with Crippen molar-refractivity contribution in [3.8, 4) is 5.75 Å². The lowest BCUT2D eigenvalue weighted by Gasteiger charge is -2.01. The van der Waals surface area contributed by atoms with E-state index < -0.39 is 5.97 Å². The molecule has 2 aromatic carbocycles. The van der Waals surface area contributed by atoms with Crippen molar-refractivity contribution in [3.05, 3.63) is 72.3 Å². The van der Waals surface area contributed by atoms with Gasteiger partial charge in [0.25, 0.3) is 0 Å². The minimum atomic E-state index is -0.553. The molecule has 0 aliphatic rings. The van der Waals surface area contributed by atoms with E-state index in [9.17, 15) is 4.79 Å². The van der Waals surface area contributed by atoms with Crippen molar-refractivity contribution in [2.75, 3.05) is 0 Å². The fraction of sp³-hybridized carbons (Fsp3) is 0. The standard InChI is InChI=1S/C15H12O3/c16-15(12-11-13-7-3-1-4-8-13)18-17-14-9-5-2-6-10-14/h1-12H. The molecule has 2 aromatic rings. The van der Waals surface area contributed by atoms with Crippen molar-refractivity contribution < 1.29 is 14.6 Å². The molecule has 0 saturated heterocycles. The van der Waals surface area contributed by atoms with Crippen LogP contribution in [0.25, 0.3) is 6.08 Å². The number of hydrogen-bond donors (Lipinski definition) is 0. The Morgan fingerprint density at radius 3 is 2.17 bits per heavy atom. The van der Waals surface area contributed by atoms with E-state index in [1.165, 1.54) is 6.08 Å². The molecule has 90 valence electrons. The molecule has 0 unspecified atom stereocenters. The van der Waals surface area contributed by atoms with Crippen molar-refractivity contribution in [1.29, 1.82) is 0 Å². The topological polar surface area (TPSA) is 35.5 Å². The molecule has 0 radical (unpaired) electrons. The van der Waals surface area contributed by atoms with E-state index in [4.69, 9.17) is 4.89 Å². The van der Waals surface area contributed by atoms with Gasteiger partial charge in [-0.2, -0.15) is 0 Å². The molecular formula is C15H12O3. The fourth-order valence-electron chi connectivity index (χ4n) is 1.32. The minimum Gasteiger partial charge on any atom is -0.287 e. The van der Waals surface area contributed by atoms with Crippen LogP contribution < -0.4 is 4.89 Å². The molecule has 3 heteroatoms. The largest absolute Gasteiger partial charge is 0.379 e. The molecule has 2 rings (SSSR count). The summed E-state index contributed by atoms with van der Waals surface area (Å²) < 4.78 is 0. The SMILES string of the molecule is O=C(C=Cc1ccccc1)OOc1ccccc1. The van der Waals surface area contributed by atoms with Crippen LogP contribution in [0, 0.1) is 0 Å². The summed E-state index contributed by atoms with van der Waals surface area (Å²) >= 11 is 0. The van der Waals surface area contributed by atoms with Crippen LogP contribution in [0.15, 0.2) is 66.7 Å². The minimum absolute atomic E-state index is 0.485. The molecule has 0 spiro atoms. The first-order valence-corrected chi connectivity index (χ1v) is 5.51. The number of para-hydroxylation sites is 1. The number of carbonyl (C=O) groups excluding carboxylic acids is 1. The van der Waals surface area contributed by atoms with Crippen LogP contribution in [0.1, 0.15) is 5.56 Å². The average molecular weight is 240 g/mol. The van der Waals surface area contributed by atoms with Crippen LogP contribution in [0.4, 0.5) is 0 Å². The Bertz CT molecular complexity index is 518. The molecule has 0 atom stereocenters. The first kappa shape index (κ1) is 11.9. The Morgan fingerprint density at radius 2 is 1.50 bits per heavy atom. The highest BCUT2D eigenvalue weighted by molar-refractivity contribution is 5.86. The second-order valence-corrected chi connectivity index (χ2v) is 3.54. The number of hydrogen-bond acceptors (Lipinski definition) is 3. The normalized spacial score (nSPS) is 10.2. The molecule has 0 saturated carbocycles. The van der Waals surface area contributed by atoms with Crippen LogP contribution >= 0.6 is 0 Å². The van der Waals surface area contributed by atoms with Crippen molar-refractivity contribution in [3.63, 3.8) is 0 Å². The zero-order valence-electron chi connectivity index (χ0n) is 9.65. The fourth-order valence-corrected chi connectivity index (χ4v) is 1.32. The molecule has 18 heavy (non-hydrogen) atoms. The molecular weight excluding hydrogens is 228 g/mol. The molecule has 3 nitrogen and oxygen atoms in total. The molecule has 0 amide bonds. The molecule has 0 aliphatic heterocycles. The quantitative estimate of drug-likeness (QED) is 0.467. The summed E-state index contributed by atoms with van der Waals surface area (Å²) in [5, 5.41) is 0. The second kappa shape index (κ2) is 6.25. The number of carbonyl (C=O) groups is 1. The van der Waals surface area contributed by atoms with Crippen LogP contribution in [-0.4, -0.2) is 5.97 Å². The van der Waals surface area contributed by atoms with Gasteiger partial charge in [-0.25, -0.2) is 9.68 Å². The van der Waals surface area contributed by atoms with Gasteiger partial charge < -0.3 is 0 Å². The maximum absolute atomic E-state index is 11.4. The van der Waals surface area contributed by atoms with E-state index in [1.54, 1.807) is 30.3 Å². The van der Waals surface area contributed by atoms with Crippen LogP contribution in [-0.2, 0) is 9.68 Å².